The first-order valence-electron chi connectivity index (χ1n) is 7.13. The summed E-state index contributed by atoms with van der Waals surface area (Å²) in [5.74, 6) is -2.02. The summed E-state index contributed by atoms with van der Waals surface area (Å²) in [6.07, 6.45) is -1.53. The zero-order valence-electron chi connectivity index (χ0n) is 12.7. The van der Waals surface area contributed by atoms with Crippen LogP contribution in [0.5, 0.6) is 0 Å². The molecule has 1 aromatic rings. The third kappa shape index (κ3) is 3.23. The third-order valence-corrected chi connectivity index (χ3v) is 3.55. The number of pyridine rings is 1. The predicted molar refractivity (Wildman–Crippen MR) is 77.8 cm³/mol. The Bertz CT molecular complexity index is 678. The monoisotopic (exact) mass is 321 g/mol. The Hall–Kier alpha value is -2.69. The van der Waals surface area contributed by atoms with Gasteiger partial charge in [-0.05, 0) is 19.9 Å². The Morgan fingerprint density at radius 3 is 2.74 bits per heavy atom. The summed E-state index contributed by atoms with van der Waals surface area (Å²) in [6, 6.07) is 3.16. The Labute approximate surface area is 132 Å². The highest BCUT2D eigenvalue weighted by atomic mass is 19.1. The second-order valence-corrected chi connectivity index (χ2v) is 5.18. The molecule has 1 aromatic heterocycles. The molecule has 1 aliphatic rings. The van der Waals surface area contributed by atoms with Crippen LogP contribution >= 0.6 is 0 Å². The van der Waals surface area contributed by atoms with Gasteiger partial charge >= 0.3 is 11.9 Å². The average molecular weight is 321 g/mol. The number of hydrogen-bond acceptors (Lipinski definition) is 6. The number of nitriles is 1. The molecule has 0 aromatic carbocycles. The molecule has 1 atom stereocenters. The van der Waals surface area contributed by atoms with Gasteiger partial charge in [-0.3, -0.25) is 4.79 Å². The lowest BCUT2D eigenvalue weighted by atomic mass is 9.99. The van der Waals surface area contributed by atoms with Gasteiger partial charge in [0, 0.05) is 13.1 Å². The molecule has 1 aliphatic heterocycles. The maximum absolute atomic E-state index is 13.8. The van der Waals surface area contributed by atoms with Crippen molar-refractivity contribution in [3.05, 3.63) is 22.9 Å². The van der Waals surface area contributed by atoms with Gasteiger partial charge < -0.3 is 14.7 Å². The molecule has 2 rings (SSSR count). The number of esters is 1. The first-order valence-corrected chi connectivity index (χ1v) is 7.13. The molecule has 8 heteroatoms. The van der Waals surface area contributed by atoms with Crippen LogP contribution in [-0.2, 0) is 9.53 Å². The van der Waals surface area contributed by atoms with Crippen molar-refractivity contribution in [3.63, 3.8) is 0 Å². The number of aromatic nitrogens is 1. The van der Waals surface area contributed by atoms with Crippen molar-refractivity contribution < 1.29 is 23.8 Å². The number of nitrogens with zero attached hydrogens (tertiary/aromatic N) is 3. The van der Waals surface area contributed by atoms with Crippen molar-refractivity contribution in [2.45, 2.75) is 20.0 Å². The number of carboxylic acids is 1. The summed E-state index contributed by atoms with van der Waals surface area (Å²) in [6.45, 7) is 3.35. The number of anilines is 1. The molecular formula is C15H16FN3O4. The lowest BCUT2D eigenvalue weighted by molar-refractivity contribution is -0.142. The molecule has 0 bridgehead atoms. The number of halogens is 1. The van der Waals surface area contributed by atoms with Crippen LogP contribution in [0.1, 0.15) is 41.6 Å². The molecule has 1 fully saturated rings. The van der Waals surface area contributed by atoms with Crippen molar-refractivity contribution in [2.24, 2.45) is 5.92 Å². The number of hydrogen-bond donors (Lipinski definition) is 1. The van der Waals surface area contributed by atoms with E-state index in [0.29, 0.717) is 0 Å². The number of rotatable bonds is 5. The maximum atomic E-state index is 13.8. The summed E-state index contributed by atoms with van der Waals surface area (Å²) in [4.78, 5) is 28.5. The van der Waals surface area contributed by atoms with Crippen LogP contribution < -0.4 is 4.90 Å². The van der Waals surface area contributed by atoms with Crippen LogP contribution in [0.3, 0.4) is 0 Å². The van der Waals surface area contributed by atoms with E-state index < -0.39 is 24.0 Å². The van der Waals surface area contributed by atoms with Gasteiger partial charge in [0.25, 0.3) is 0 Å². The highest BCUT2D eigenvalue weighted by Crippen LogP contribution is 2.31. The van der Waals surface area contributed by atoms with Crippen molar-refractivity contribution in [3.8, 4) is 6.07 Å². The van der Waals surface area contributed by atoms with Gasteiger partial charge in [-0.1, -0.05) is 0 Å². The first-order chi connectivity index (χ1) is 10.9. The summed E-state index contributed by atoms with van der Waals surface area (Å²) in [5.41, 5.74) is -0.116. The van der Waals surface area contributed by atoms with E-state index in [1.807, 2.05) is 6.07 Å². The second kappa shape index (κ2) is 6.60. The van der Waals surface area contributed by atoms with Crippen molar-refractivity contribution in [1.29, 1.82) is 5.26 Å². The highest BCUT2D eigenvalue weighted by Gasteiger charge is 2.35. The minimum Gasteiger partial charge on any atom is -0.481 e. The number of alkyl halides is 1. The smallest absolute Gasteiger partial charge is 0.340 e. The maximum Gasteiger partial charge on any atom is 0.340 e. The van der Waals surface area contributed by atoms with Gasteiger partial charge in [-0.25, -0.2) is 14.2 Å². The fourth-order valence-corrected chi connectivity index (χ4v) is 2.32. The van der Waals surface area contributed by atoms with E-state index in [9.17, 15) is 19.2 Å². The molecule has 1 N–H and O–H groups in total. The molecule has 0 saturated carbocycles. The van der Waals surface area contributed by atoms with Gasteiger partial charge in [-0.15, -0.1) is 0 Å². The molecule has 1 saturated heterocycles. The predicted octanol–water partition coefficient (Wildman–Crippen LogP) is 1.68. The number of carbonyl (C=O) groups is 2. The molecule has 2 heterocycles. The Balaban J connectivity index is 2.41. The lowest BCUT2D eigenvalue weighted by Gasteiger charge is -2.38. The molecule has 0 radical (unpaired) electrons. The molecule has 0 aliphatic carbocycles. The fraction of sp³-hybridized carbons (Fsp3) is 0.467. The van der Waals surface area contributed by atoms with Crippen molar-refractivity contribution in [1.82, 2.24) is 4.98 Å². The SMILES string of the molecule is CCOC(=O)c1cc(C#N)c(N2CC(C(=O)O)C2)nc1C(C)F. The van der Waals surface area contributed by atoms with E-state index in [2.05, 4.69) is 4.98 Å². The largest absolute Gasteiger partial charge is 0.481 e. The van der Waals surface area contributed by atoms with E-state index in [4.69, 9.17) is 9.84 Å². The van der Waals surface area contributed by atoms with Crippen LogP contribution in [0, 0.1) is 17.2 Å². The zero-order valence-corrected chi connectivity index (χ0v) is 12.7. The van der Waals surface area contributed by atoms with Crippen LogP contribution in [-0.4, -0.2) is 41.7 Å². The van der Waals surface area contributed by atoms with Gasteiger partial charge in [-0.2, -0.15) is 5.26 Å². The van der Waals surface area contributed by atoms with Gasteiger partial charge in [0.2, 0.25) is 0 Å². The highest BCUT2D eigenvalue weighted by molar-refractivity contribution is 5.92. The molecule has 23 heavy (non-hydrogen) atoms. The first kappa shape index (κ1) is 16.7. The second-order valence-electron chi connectivity index (χ2n) is 5.18. The van der Waals surface area contributed by atoms with Gasteiger partial charge in [0.1, 0.15) is 18.1 Å². The molecular weight excluding hydrogens is 305 g/mol. The third-order valence-electron chi connectivity index (χ3n) is 3.55. The van der Waals surface area contributed by atoms with Crippen molar-refractivity contribution >= 4 is 17.8 Å². The average Bonchev–Trinajstić information content (AvgIpc) is 2.44. The van der Waals surface area contributed by atoms with E-state index in [1.165, 1.54) is 13.0 Å². The topological polar surface area (TPSA) is 104 Å². The van der Waals surface area contributed by atoms with Gasteiger partial charge in [0.05, 0.1) is 29.3 Å². The number of ether oxygens (including phenoxy) is 1. The molecule has 1 unspecified atom stereocenters. The van der Waals surface area contributed by atoms with Crippen LogP contribution in [0.4, 0.5) is 10.2 Å². The number of carbonyl (C=O) groups excluding carboxylic acids is 1. The number of carboxylic acid groups (broad SMARTS) is 1. The normalized spacial score (nSPS) is 15.5. The van der Waals surface area contributed by atoms with Gasteiger partial charge in [0.15, 0.2) is 0 Å². The van der Waals surface area contributed by atoms with E-state index in [1.54, 1.807) is 11.8 Å². The Morgan fingerprint density at radius 2 is 2.26 bits per heavy atom. The lowest BCUT2D eigenvalue weighted by Crippen LogP contribution is -2.51. The van der Waals surface area contributed by atoms with E-state index in [0.717, 1.165) is 0 Å². The molecule has 0 spiro atoms. The van der Waals surface area contributed by atoms with Crippen molar-refractivity contribution in [2.75, 3.05) is 24.6 Å². The molecule has 0 amide bonds. The van der Waals surface area contributed by atoms with Crippen LogP contribution in [0.25, 0.3) is 0 Å². The Kier molecular flexibility index (Phi) is 4.79. The molecule has 122 valence electrons. The van der Waals surface area contributed by atoms with E-state index in [-0.39, 0.29) is 42.3 Å². The zero-order chi connectivity index (χ0) is 17.1. The molecule has 7 nitrogen and oxygen atoms in total. The standard InChI is InChI=1S/C15H16FN3O4/c1-3-23-15(22)11-4-9(5-17)13(18-12(11)8(2)16)19-6-10(7-19)14(20)21/h4,8,10H,3,6-7H2,1-2H3,(H,20,21). The van der Waals surface area contributed by atoms with Crippen LogP contribution in [0.15, 0.2) is 6.07 Å². The summed E-state index contributed by atoms with van der Waals surface area (Å²) in [7, 11) is 0. The summed E-state index contributed by atoms with van der Waals surface area (Å²) >= 11 is 0. The summed E-state index contributed by atoms with van der Waals surface area (Å²) in [5, 5.41) is 18.2. The van der Waals surface area contributed by atoms with Crippen LogP contribution in [0.2, 0.25) is 0 Å². The minimum atomic E-state index is -1.53. The quantitative estimate of drug-likeness (QED) is 0.823. The van der Waals surface area contributed by atoms with E-state index >= 15 is 0 Å². The number of aliphatic carboxylic acids is 1. The fourth-order valence-electron chi connectivity index (χ4n) is 2.32. The summed E-state index contributed by atoms with van der Waals surface area (Å²) < 4.78 is 18.7. The Morgan fingerprint density at radius 1 is 1.61 bits per heavy atom. The minimum absolute atomic E-state index is 0.0845.